The molecule has 5 heteroatoms. The second-order valence-corrected chi connectivity index (χ2v) is 6.65. The molecule has 0 aromatic heterocycles. The predicted octanol–water partition coefficient (Wildman–Crippen LogP) is 0.275. The monoisotopic (exact) mass is 271 g/mol. The first-order valence-electron chi connectivity index (χ1n) is 7.18. The van der Waals surface area contributed by atoms with E-state index >= 15 is 0 Å². The van der Waals surface area contributed by atoms with Gasteiger partial charge >= 0.3 is 0 Å². The maximum atomic E-state index is 12.2. The number of piperazine rings is 1. The van der Waals surface area contributed by atoms with Gasteiger partial charge < -0.3 is 15.7 Å². The lowest BCUT2D eigenvalue weighted by Gasteiger charge is -2.38. The molecule has 1 unspecified atom stereocenters. The molecule has 3 N–H and O–H groups in total. The fourth-order valence-corrected chi connectivity index (χ4v) is 2.52. The molecule has 1 fully saturated rings. The molecule has 1 rings (SSSR count). The smallest absolute Gasteiger partial charge is 0.239 e. The zero-order chi connectivity index (χ0) is 14.6. The Morgan fingerprint density at radius 2 is 1.79 bits per heavy atom. The summed E-state index contributed by atoms with van der Waals surface area (Å²) in [5, 5.41) is 9.79. The fraction of sp³-hybridized carbons (Fsp3) is 0.929. The van der Waals surface area contributed by atoms with E-state index in [1.807, 2.05) is 18.7 Å². The van der Waals surface area contributed by atoms with Crippen molar-refractivity contribution in [1.29, 1.82) is 0 Å². The molecular formula is C14H29N3O2. The summed E-state index contributed by atoms with van der Waals surface area (Å²) in [6.07, 6.45) is 0.739. The van der Waals surface area contributed by atoms with E-state index in [9.17, 15) is 9.90 Å². The van der Waals surface area contributed by atoms with Crippen molar-refractivity contribution in [2.45, 2.75) is 45.8 Å². The molecule has 0 bridgehead atoms. The molecule has 19 heavy (non-hydrogen) atoms. The highest BCUT2D eigenvalue weighted by Gasteiger charge is 2.27. The van der Waals surface area contributed by atoms with Crippen molar-refractivity contribution in [3.8, 4) is 0 Å². The van der Waals surface area contributed by atoms with E-state index in [1.54, 1.807) is 0 Å². The minimum atomic E-state index is -0.680. The highest BCUT2D eigenvalue weighted by molar-refractivity contribution is 5.81. The van der Waals surface area contributed by atoms with Gasteiger partial charge in [-0.25, -0.2) is 0 Å². The third kappa shape index (κ3) is 5.89. The topological polar surface area (TPSA) is 69.8 Å². The molecule has 1 saturated heterocycles. The van der Waals surface area contributed by atoms with Gasteiger partial charge in [0.15, 0.2) is 0 Å². The Morgan fingerprint density at radius 1 is 1.26 bits per heavy atom. The number of nitrogens with two attached hydrogens (primary N) is 1. The Kier molecular flexibility index (Phi) is 5.77. The Balaban J connectivity index is 2.39. The summed E-state index contributed by atoms with van der Waals surface area (Å²) in [6.45, 7) is 11.5. The number of rotatable bonds is 5. The molecule has 0 aromatic carbocycles. The minimum Gasteiger partial charge on any atom is -0.389 e. The van der Waals surface area contributed by atoms with Gasteiger partial charge in [-0.15, -0.1) is 0 Å². The van der Waals surface area contributed by atoms with Crippen LogP contribution in [0.2, 0.25) is 0 Å². The molecule has 1 aliphatic heterocycles. The van der Waals surface area contributed by atoms with Crippen molar-refractivity contribution >= 4 is 5.91 Å². The SMILES string of the molecule is CC(C)CC(N)C(=O)N1CCN(CC(C)(C)O)CC1. The number of amides is 1. The van der Waals surface area contributed by atoms with Crippen molar-refractivity contribution in [3.63, 3.8) is 0 Å². The molecule has 0 spiro atoms. The van der Waals surface area contributed by atoms with Gasteiger partial charge in [-0.3, -0.25) is 9.69 Å². The van der Waals surface area contributed by atoms with Crippen LogP contribution in [0.4, 0.5) is 0 Å². The molecule has 0 aliphatic carbocycles. The summed E-state index contributed by atoms with van der Waals surface area (Å²) in [4.78, 5) is 16.2. The predicted molar refractivity (Wildman–Crippen MR) is 76.7 cm³/mol. The van der Waals surface area contributed by atoms with E-state index in [1.165, 1.54) is 0 Å². The quantitative estimate of drug-likeness (QED) is 0.753. The van der Waals surface area contributed by atoms with Crippen LogP contribution in [0.5, 0.6) is 0 Å². The largest absolute Gasteiger partial charge is 0.389 e. The Hall–Kier alpha value is -0.650. The van der Waals surface area contributed by atoms with Crippen LogP contribution in [-0.2, 0) is 4.79 Å². The Bertz CT molecular complexity index is 292. The van der Waals surface area contributed by atoms with E-state index in [0.29, 0.717) is 25.6 Å². The molecule has 1 heterocycles. The van der Waals surface area contributed by atoms with E-state index in [2.05, 4.69) is 18.7 Å². The first-order valence-corrected chi connectivity index (χ1v) is 7.18. The van der Waals surface area contributed by atoms with Crippen LogP contribution in [0.15, 0.2) is 0 Å². The molecule has 0 saturated carbocycles. The number of hydrogen-bond acceptors (Lipinski definition) is 4. The first-order chi connectivity index (χ1) is 8.69. The van der Waals surface area contributed by atoms with Crippen molar-refractivity contribution < 1.29 is 9.90 Å². The van der Waals surface area contributed by atoms with E-state index in [-0.39, 0.29) is 11.9 Å². The van der Waals surface area contributed by atoms with Crippen molar-refractivity contribution in [2.24, 2.45) is 11.7 Å². The third-order valence-corrected chi connectivity index (χ3v) is 3.34. The van der Waals surface area contributed by atoms with E-state index < -0.39 is 5.60 Å². The molecule has 1 atom stereocenters. The van der Waals surface area contributed by atoms with Crippen LogP contribution in [0, 0.1) is 5.92 Å². The number of aliphatic hydroxyl groups is 1. The minimum absolute atomic E-state index is 0.0663. The number of nitrogens with zero attached hydrogens (tertiary/aromatic N) is 2. The van der Waals surface area contributed by atoms with Gasteiger partial charge in [0.1, 0.15) is 0 Å². The molecule has 5 nitrogen and oxygen atoms in total. The summed E-state index contributed by atoms with van der Waals surface area (Å²) in [7, 11) is 0. The van der Waals surface area contributed by atoms with Gasteiger partial charge in [0.25, 0.3) is 0 Å². The number of β-amino-alcohol motifs (C(OH)–C–C–N with tert-alkyl or cyclic N) is 1. The molecule has 0 radical (unpaired) electrons. The summed E-state index contributed by atoms with van der Waals surface area (Å²) in [5.74, 6) is 0.507. The van der Waals surface area contributed by atoms with Crippen LogP contribution in [-0.4, -0.2) is 65.2 Å². The van der Waals surface area contributed by atoms with Crippen LogP contribution in [0.3, 0.4) is 0 Å². The second-order valence-electron chi connectivity index (χ2n) is 6.65. The second kappa shape index (κ2) is 6.68. The molecule has 0 aromatic rings. The van der Waals surface area contributed by atoms with Crippen molar-refractivity contribution in [2.75, 3.05) is 32.7 Å². The van der Waals surface area contributed by atoms with Gasteiger partial charge in [-0.2, -0.15) is 0 Å². The molecular weight excluding hydrogens is 242 g/mol. The van der Waals surface area contributed by atoms with Gasteiger partial charge in [-0.1, -0.05) is 13.8 Å². The Labute approximate surface area is 116 Å². The lowest BCUT2D eigenvalue weighted by molar-refractivity contribution is -0.135. The first kappa shape index (κ1) is 16.4. The maximum absolute atomic E-state index is 12.2. The lowest BCUT2D eigenvalue weighted by Crippen LogP contribution is -2.55. The van der Waals surface area contributed by atoms with Gasteiger partial charge in [0, 0.05) is 32.7 Å². The summed E-state index contributed by atoms with van der Waals surface area (Å²) < 4.78 is 0. The van der Waals surface area contributed by atoms with Crippen molar-refractivity contribution in [1.82, 2.24) is 9.80 Å². The zero-order valence-electron chi connectivity index (χ0n) is 12.7. The number of hydrogen-bond donors (Lipinski definition) is 2. The number of carbonyl (C=O) groups excluding carboxylic acids is 1. The Morgan fingerprint density at radius 3 is 2.21 bits per heavy atom. The van der Waals surface area contributed by atoms with E-state index in [0.717, 1.165) is 19.5 Å². The summed E-state index contributed by atoms with van der Waals surface area (Å²) in [5.41, 5.74) is 5.26. The average Bonchev–Trinajstić information content (AvgIpc) is 2.26. The standard InChI is InChI=1S/C14H29N3O2/c1-11(2)9-12(15)13(18)17-7-5-16(6-8-17)10-14(3,4)19/h11-12,19H,5-10,15H2,1-4H3. The zero-order valence-corrected chi connectivity index (χ0v) is 12.7. The highest BCUT2D eigenvalue weighted by Crippen LogP contribution is 2.11. The summed E-state index contributed by atoms with van der Waals surface area (Å²) in [6, 6.07) is -0.374. The molecule has 112 valence electrons. The summed E-state index contributed by atoms with van der Waals surface area (Å²) >= 11 is 0. The van der Waals surface area contributed by atoms with Crippen molar-refractivity contribution in [3.05, 3.63) is 0 Å². The van der Waals surface area contributed by atoms with Crippen LogP contribution in [0.1, 0.15) is 34.1 Å². The fourth-order valence-electron chi connectivity index (χ4n) is 2.52. The lowest BCUT2D eigenvalue weighted by atomic mass is 10.0. The molecule has 1 aliphatic rings. The van der Waals surface area contributed by atoms with Crippen LogP contribution < -0.4 is 5.73 Å². The molecule has 1 amide bonds. The maximum Gasteiger partial charge on any atom is 0.239 e. The number of carbonyl (C=O) groups is 1. The van der Waals surface area contributed by atoms with Gasteiger partial charge in [-0.05, 0) is 26.2 Å². The average molecular weight is 271 g/mol. The third-order valence-electron chi connectivity index (χ3n) is 3.34. The normalized spacial score (nSPS) is 19.8. The van der Waals surface area contributed by atoms with Gasteiger partial charge in [0.2, 0.25) is 5.91 Å². The van der Waals surface area contributed by atoms with E-state index in [4.69, 9.17) is 5.73 Å². The highest BCUT2D eigenvalue weighted by atomic mass is 16.3. The van der Waals surface area contributed by atoms with Crippen LogP contribution >= 0.6 is 0 Å². The van der Waals surface area contributed by atoms with Crippen LogP contribution in [0.25, 0.3) is 0 Å². The van der Waals surface area contributed by atoms with Gasteiger partial charge in [0.05, 0.1) is 11.6 Å².